The van der Waals surface area contributed by atoms with Crippen molar-refractivity contribution in [3.63, 3.8) is 0 Å². The van der Waals surface area contributed by atoms with Crippen molar-refractivity contribution < 1.29 is 13.3 Å². The van der Waals surface area contributed by atoms with Crippen molar-refractivity contribution in [2.75, 3.05) is 26.4 Å². The second-order valence-electron chi connectivity index (χ2n) is 4.76. The predicted octanol–water partition coefficient (Wildman–Crippen LogP) is 2.59. The zero-order valence-electron chi connectivity index (χ0n) is 12.7. The Bertz CT molecular complexity index is 410. The maximum absolute atomic E-state index is 5.99. The van der Waals surface area contributed by atoms with E-state index in [4.69, 9.17) is 13.3 Å². The number of fused-ring (bicyclic) bond motifs is 1. The summed E-state index contributed by atoms with van der Waals surface area (Å²) >= 11 is 0. The van der Waals surface area contributed by atoms with Crippen molar-refractivity contribution in [3.05, 3.63) is 35.4 Å². The highest BCUT2D eigenvalue weighted by atomic mass is 28.4. The lowest BCUT2D eigenvalue weighted by molar-refractivity contribution is 0.0128. The zero-order valence-corrected chi connectivity index (χ0v) is 13.7. The highest BCUT2D eigenvalue weighted by molar-refractivity contribution is 6.57. The van der Waals surface area contributed by atoms with Gasteiger partial charge in [-0.25, -0.2) is 0 Å². The van der Waals surface area contributed by atoms with Crippen molar-refractivity contribution in [1.82, 2.24) is 4.57 Å². The molecule has 0 aliphatic carbocycles. The first kappa shape index (κ1) is 15.7. The molecule has 0 spiro atoms. The van der Waals surface area contributed by atoms with Crippen LogP contribution in [0.15, 0.2) is 24.3 Å². The van der Waals surface area contributed by atoms with Gasteiger partial charge in [-0.05, 0) is 38.3 Å². The van der Waals surface area contributed by atoms with E-state index in [-0.39, 0.29) is 0 Å². The standard InChI is InChI=1S/C15H25NO3Si/c1-4-17-20(18-5-2,19-6-3)16-12-11-14-9-7-8-10-15(14)13-16/h7-10H,4-6,11-13H2,1-3H3. The van der Waals surface area contributed by atoms with Crippen LogP contribution in [0.25, 0.3) is 0 Å². The van der Waals surface area contributed by atoms with Crippen LogP contribution < -0.4 is 0 Å². The number of nitrogens with zero attached hydrogens (tertiary/aromatic N) is 1. The zero-order chi connectivity index (χ0) is 14.4. The molecular weight excluding hydrogens is 270 g/mol. The summed E-state index contributed by atoms with van der Waals surface area (Å²) in [6, 6.07) is 8.59. The van der Waals surface area contributed by atoms with Crippen LogP contribution in [0.4, 0.5) is 0 Å². The Hall–Kier alpha value is -0.723. The maximum Gasteiger partial charge on any atom is 0.599 e. The van der Waals surface area contributed by atoms with E-state index in [1.54, 1.807) is 0 Å². The van der Waals surface area contributed by atoms with E-state index in [0.717, 1.165) is 19.5 Å². The van der Waals surface area contributed by atoms with Gasteiger partial charge in [0, 0.05) is 32.9 Å². The third-order valence-electron chi connectivity index (χ3n) is 3.50. The van der Waals surface area contributed by atoms with Gasteiger partial charge in [-0.15, -0.1) is 0 Å². The minimum atomic E-state index is -2.73. The molecule has 1 aromatic carbocycles. The molecule has 0 bridgehead atoms. The summed E-state index contributed by atoms with van der Waals surface area (Å²) in [5.41, 5.74) is 2.78. The lowest BCUT2D eigenvalue weighted by Gasteiger charge is -2.40. The van der Waals surface area contributed by atoms with Crippen LogP contribution in [0.1, 0.15) is 31.9 Å². The fraction of sp³-hybridized carbons (Fsp3) is 0.600. The molecule has 0 radical (unpaired) electrons. The number of hydrogen-bond donors (Lipinski definition) is 0. The van der Waals surface area contributed by atoms with Gasteiger partial charge in [0.1, 0.15) is 0 Å². The highest BCUT2D eigenvalue weighted by Gasteiger charge is 2.49. The fourth-order valence-electron chi connectivity index (χ4n) is 2.68. The minimum Gasteiger partial charge on any atom is -0.361 e. The monoisotopic (exact) mass is 295 g/mol. The largest absolute Gasteiger partial charge is 0.599 e. The van der Waals surface area contributed by atoms with Crippen LogP contribution in [0, 0.1) is 0 Å². The molecule has 0 aromatic heterocycles. The molecule has 1 aromatic rings. The number of benzene rings is 1. The van der Waals surface area contributed by atoms with E-state index in [1.807, 2.05) is 20.8 Å². The maximum atomic E-state index is 5.99. The third kappa shape index (κ3) is 3.29. The molecule has 1 aliphatic heterocycles. The van der Waals surface area contributed by atoms with Crippen LogP contribution in [0.2, 0.25) is 0 Å². The average molecular weight is 295 g/mol. The normalized spacial score (nSPS) is 16.1. The Morgan fingerprint density at radius 3 is 2.05 bits per heavy atom. The van der Waals surface area contributed by atoms with Crippen LogP contribution in [0.5, 0.6) is 0 Å². The Morgan fingerprint density at radius 2 is 1.50 bits per heavy atom. The van der Waals surface area contributed by atoms with Crippen LogP contribution in [0.3, 0.4) is 0 Å². The van der Waals surface area contributed by atoms with Gasteiger partial charge in [0.2, 0.25) is 0 Å². The number of hydrogen-bond acceptors (Lipinski definition) is 4. The summed E-state index contributed by atoms with van der Waals surface area (Å²) in [7, 11) is -2.73. The molecule has 0 fully saturated rings. The summed E-state index contributed by atoms with van der Waals surface area (Å²) in [4.78, 5) is 0. The molecule has 0 unspecified atom stereocenters. The topological polar surface area (TPSA) is 30.9 Å². The molecule has 112 valence electrons. The van der Waals surface area contributed by atoms with Gasteiger partial charge in [-0.2, -0.15) is 0 Å². The Balaban J connectivity index is 2.21. The Labute approximate surface area is 123 Å². The van der Waals surface area contributed by atoms with E-state index in [0.29, 0.717) is 19.8 Å². The summed E-state index contributed by atoms with van der Waals surface area (Å²) < 4.78 is 20.2. The van der Waals surface area contributed by atoms with E-state index < -0.39 is 8.97 Å². The molecule has 0 amide bonds. The van der Waals surface area contributed by atoms with Crippen LogP contribution in [-0.2, 0) is 26.2 Å². The lowest BCUT2D eigenvalue weighted by Crippen LogP contribution is -2.62. The van der Waals surface area contributed by atoms with E-state index >= 15 is 0 Å². The molecule has 4 nitrogen and oxygen atoms in total. The first-order chi connectivity index (χ1) is 9.75. The van der Waals surface area contributed by atoms with E-state index in [9.17, 15) is 0 Å². The van der Waals surface area contributed by atoms with Gasteiger partial charge in [0.15, 0.2) is 0 Å². The first-order valence-electron chi connectivity index (χ1n) is 7.49. The summed E-state index contributed by atoms with van der Waals surface area (Å²) in [5.74, 6) is 0. The van der Waals surface area contributed by atoms with Crippen molar-refractivity contribution >= 4 is 8.97 Å². The summed E-state index contributed by atoms with van der Waals surface area (Å²) in [5, 5.41) is 0. The number of rotatable bonds is 7. The molecule has 0 saturated heterocycles. The quantitative estimate of drug-likeness (QED) is 0.724. The minimum absolute atomic E-state index is 0.615. The van der Waals surface area contributed by atoms with Gasteiger partial charge < -0.3 is 13.3 Å². The SMILES string of the molecule is CCO[Si](OCC)(OCC)N1CCc2ccccc2C1. The molecule has 2 rings (SSSR count). The molecule has 0 atom stereocenters. The Kier molecular flexibility index (Phi) is 5.74. The summed E-state index contributed by atoms with van der Waals surface area (Å²) in [6.45, 7) is 9.62. The first-order valence-corrected chi connectivity index (χ1v) is 9.16. The average Bonchev–Trinajstić information content (AvgIpc) is 2.47. The molecule has 5 heteroatoms. The van der Waals surface area contributed by atoms with Crippen molar-refractivity contribution in [1.29, 1.82) is 0 Å². The third-order valence-corrected chi connectivity index (χ3v) is 6.61. The van der Waals surface area contributed by atoms with Gasteiger partial charge >= 0.3 is 8.97 Å². The molecular formula is C15H25NO3Si. The fourth-order valence-corrected chi connectivity index (χ4v) is 5.32. The smallest absolute Gasteiger partial charge is 0.361 e. The van der Waals surface area contributed by atoms with Crippen LogP contribution >= 0.6 is 0 Å². The van der Waals surface area contributed by atoms with Crippen molar-refractivity contribution in [3.8, 4) is 0 Å². The molecule has 0 N–H and O–H groups in total. The van der Waals surface area contributed by atoms with E-state index in [2.05, 4.69) is 28.8 Å². The molecule has 0 saturated carbocycles. The second-order valence-corrected chi connectivity index (χ2v) is 7.31. The Morgan fingerprint density at radius 1 is 0.950 bits per heavy atom. The lowest BCUT2D eigenvalue weighted by atomic mass is 10.0. The van der Waals surface area contributed by atoms with Gasteiger partial charge in [-0.3, -0.25) is 4.57 Å². The predicted molar refractivity (Wildman–Crippen MR) is 81.2 cm³/mol. The molecule has 1 aliphatic rings. The van der Waals surface area contributed by atoms with Crippen molar-refractivity contribution in [2.24, 2.45) is 0 Å². The van der Waals surface area contributed by atoms with Crippen LogP contribution in [-0.4, -0.2) is 39.9 Å². The van der Waals surface area contributed by atoms with Crippen molar-refractivity contribution in [2.45, 2.75) is 33.7 Å². The molecule has 1 heterocycles. The second kappa shape index (κ2) is 7.33. The van der Waals surface area contributed by atoms with E-state index in [1.165, 1.54) is 11.1 Å². The van der Waals surface area contributed by atoms with Gasteiger partial charge in [0.25, 0.3) is 0 Å². The summed E-state index contributed by atoms with van der Waals surface area (Å²) in [6.07, 6.45) is 1.03. The van der Waals surface area contributed by atoms with Gasteiger partial charge in [-0.1, -0.05) is 24.3 Å². The molecule has 20 heavy (non-hydrogen) atoms. The van der Waals surface area contributed by atoms with Gasteiger partial charge in [0.05, 0.1) is 0 Å². The highest BCUT2D eigenvalue weighted by Crippen LogP contribution is 2.25.